The second-order valence-corrected chi connectivity index (χ2v) is 4.67. The summed E-state index contributed by atoms with van der Waals surface area (Å²) in [6.45, 7) is -0.0217. The van der Waals surface area contributed by atoms with Gasteiger partial charge in [0.05, 0.1) is 17.2 Å². The molecule has 0 aliphatic carbocycles. The molecule has 21 heavy (non-hydrogen) atoms. The van der Waals surface area contributed by atoms with Gasteiger partial charge in [0.15, 0.2) is 0 Å². The van der Waals surface area contributed by atoms with Crippen LogP contribution in [0, 0.1) is 11.3 Å². The molecule has 0 amide bonds. The van der Waals surface area contributed by atoms with Crippen LogP contribution in [0.15, 0.2) is 42.5 Å². The molecule has 0 fully saturated rings. The fourth-order valence-corrected chi connectivity index (χ4v) is 1.81. The second kappa shape index (κ2) is 6.06. The minimum Gasteiger partial charge on any atom is -0.488 e. The van der Waals surface area contributed by atoms with Crippen LogP contribution in [0.4, 0.5) is 13.2 Å². The van der Waals surface area contributed by atoms with E-state index in [1.54, 1.807) is 30.3 Å². The molecule has 0 N–H and O–H groups in total. The number of nitrogens with zero attached hydrogens (tertiary/aromatic N) is 1. The zero-order chi connectivity index (χ0) is 15.5. The SMILES string of the molecule is N#Cc1ccc(OCc2ccc(Cl)cc2)c(C(F)(F)F)c1. The molecule has 2 aromatic carbocycles. The Bertz CT molecular complexity index is 675. The molecule has 2 aromatic rings. The maximum atomic E-state index is 12.9. The van der Waals surface area contributed by atoms with E-state index in [0.717, 1.165) is 12.1 Å². The first-order valence-corrected chi connectivity index (χ1v) is 6.26. The number of halogens is 4. The van der Waals surface area contributed by atoms with E-state index in [1.807, 2.05) is 0 Å². The fourth-order valence-electron chi connectivity index (χ4n) is 1.69. The lowest BCUT2D eigenvalue weighted by Crippen LogP contribution is -2.09. The van der Waals surface area contributed by atoms with Crippen molar-refractivity contribution in [3.8, 4) is 11.8 Å². The van der Waals surface area contributed by atoms with Gasteiger partial charge in [-0.15, -0.1) is 0 Å². The van der Waals surface area contributed by atoms with E-state index in [9.17, 15) is 13.2 Å². The van der Waals surface area contributed by atoms with E-state index in [4.69, 9.17) is 21.6 Å². The maximum Gasteiger partial charge on any atom is 0.420 e. The molecule has 0 unspecified atom stereocenters. The number of rotatable bonds is 3. The lowest BCUT2D eigenvalue weighted by atomic mass is 10.1. The summed E-state index contributed by atoms with van der Waals surface area (Å²) in [5.74, 6) is -0.309. The summed E-state index contributed by atoms with van der Waals surface area (Å²) in [5, 5.41) is 9.22. The van der Waals surface area contributed by atoms with Gasteiger partial charge in [-0.05, 0) is 35.9 Å². The number of hydrogen-bond acceptors (Lipinski definition) is 2. The molecule has 0 aromatic heterocycles. The standard InChI is InChI=1S/C15H9ClF3NO/c16-12-4-1-10(2-5-12)9-21-14-6-3-11(8-20)7-13(14)15(17,18)19/h1-7H,9H2. The minimum atomic E-state index is -4.58. The fraction of sp³-hybridized carbons (Fsp3) is 0.133. The highest BCUT2D eigenvalue weighted by Gasteiger charge is 2.34. The smallest absolute Gasteiger partial charge is 0.420 e. The summed E-state index contributed by atoms with van der Waals surface area (Å²) < 4.78 is 44.0. The van der Waals surface area contributed by atoms with Gasteiger partial charge in [0.1, 0.15) is 12.4 Å². The van der Waals surface area contributed by atoms with Crippen LogP contribution < -0.4 is 4.74 Å². The van der Waals surface area contributed by atoms with Gasteiger partial charge in [-0.2, -0.15) is 18.4 Å². The van der Waals surface area contributed by atoms with Crippen molar-refractivity contribution >= 4 is 11.6 Å². The van der Waals surface area contributed by atoms with Crippen LogP contribution in [0.25, 0.3) is 0 Å². The van der Waals surface area contributed by atoms with Gasteiger partial charge in [0, 0.05) is 5.02 Å². The number of hydrogen-bond donors (Lipinski definition) is 0. The molecular weight excluding hydrogens is 303 g/mol. The molecule has 2 nitrogen and oxygen atoms in total. The Kier molecular flexibility index (Phi) is 4.39. The Hall–Kier alpha value is -2.19. The van der Waals surface area contributed by atoms with Crippen LogP contribution in [-0.4, -0.2) is 0 Å². The van der Waals surface area contributed by atoms with E-state index >= 15 is 0 Å². The first-order chi connectivity index (χ1) is 9.90. The Morgan fingerprint density at radius 2 is 1.76 bits per heavy atom. The zero-order valence-corrected chi connectivity index (χ0v) is 11.4. The molecule has 0 saturated carbocycles. The Balaban J connectivity index is 2.23. The van der Waals surface area contributed by atoms with Gasteiger partial charge in [0.2, 0.25) is 0 Å². The van der Waals surface area contributed by atoms with Gasteiger partial charge < -0.3 is 4.74 Å². The quantitative estimate of drug-likeness (QED) is 0.815. The topological polar surface area (TPSA) is 33.0 Å². The molecule has 0 atom stereocenters. The van der Waals surface area contributed by atoms with Crippen LogP contribution in [0.1, 0.15) is 16.7 Å². The third kappa shape index (κ3) is 3.89. The highest BCUT2D eigenvalue weighted by atomic mass is 35.5. The monoisotopic (exact) mass is 311 g/mol. The van der Waals surface area contributed by atoms with Gasteiger partial charge >= 0.3 is 6.18 Å². The first kappa shape index (κ1) is 15.2. The van der Waals surface area contributed by atoms with Crippen molar-refractivity contribution in [2.45, 2.75) is 12.8 Å². The average molecular weight is 312 g/mol. The molecule has 0 spiro atoms. The van der Waals surface area contributed by atoms with Crippen molar-refractivity contribution < 1.29 is 17.9 Å². The molecule has 108 valence electrons. The highest BCUT2D eigenvalue weighted by Crippen LogP contribution is 2.37. The number of ether oxygens (including phenoxy) is 1. The largest absolute Gasteiger partial charge is 0.488 e. The summed E-state index contributed by atoms with van der Waals surface area (Å²) >= 11 is 5.73. The third-order valence-electron chi connectivity index (χ3n) is 2.72. The summed E-state index contributed by atoms with van der Waals surface area (Å²) in [6.07, 6.45) is -4.58. The van der Waals surface area contributed by atoms with Gasteiger partial charge in [0.25, 0.3) is 0 Å². The van der Waals surface area contributed by atoms with E-state index < -0.39 is 11.7 Å². The zero-order valence-electron chi connectivity index (χ0n) is 10.6. The first-order valence-electron chi connectivity index (χ1n) is 5.89. The average Bonchev–Trinajstić information content (AvgIpc) is 2.45. The summed E-state index contributed by atoms with van der Waals surface area (Å²) in [5.41, 5.74) is -0.339. The molecule has 2 rings (SSSR count). The van der Waals surface area contributed by atoms with E-state index in [1.165, 1.54) is 6.07 Å². The Morgan fingerprint density at radius 1 is 1.10 bits per heavy atom. The normalized spacial score (nSPS) is 11.0. The molecule has 0 heterocycles. The molecule has 0 aliphatic heterocycles. The van der Waals surface area contributed by atoms with Crippen LogP contribution in [-0.2, 0) is 12.8 Å². The lowest BCUT2D eigenvalue weighted by molar-refractivity contribution is -0.139. The van der Waals surface area contributed by atoms with Crippen LogP contribution in [0.3, 0.4) is 0 Å². The lowest BCUT2D eigenvalue weighted by Gasteiger charge is -2.14. The molecular formula is C15H9ClF3NO. The Morgan fingerprint density at radius 3 is 2.33 bits per heavy atom. The van der Waals surface area contributed by atoms with Crippen molar-refractivity contribution in [3.63, 3.8) is 0 Å². The summed E-state index contributed by atoms with van der Waals surface area (Å²) in [4.78, 5) is 0. The molecule has 6 heteroatoms. The molecule has 0 bridgehead atoms. The van der Waals surface area contributed by atoms with Gasteiger partial charge in [-0.1, -0.05) is 23.7 Å². The van der Waals surface area contributed by atoms with E-state index in [0.29, 0.717) is 10.6 Å². The number of alkyl halides is 3. The summed E-state index contributed by atoms with van der Waals surface area (Å²) in [7, 11) is 0. The highest BCUT2D eigenvalue weighted by molar-refractivity contribution is 6.30. The van der Waals surface area contributed by atoms with Crippen molar-refractivity contribution in [3.05, 3.63) is 64.2 Å². The maximum absolute atomic E-state index is 12.9. The van der Waals surface area contributed by atoms with Crippen LogP contribution in [0.5, 0.6) is 5.75 Å². The Labute approximate surface area is 124 Å². The van der Waals surface area contributed by atoms with E-state index in [2.05, 4.69) is 0 Å². The molecule has 0 aliphatic rings. The van der Waals surface area contributed by atoms with Crippen LogP contribution >= 0.6 is 11.6 Å². The van der Waals surface area contributed by atoms with Gasteiger partial charge in [-0.25, -0.2) is 0 Å². The van der Waals surface area contributed by atoms with Crippen molar-refractivity contribution in [2.75, 3.05) is 0 Å². The number of nitriles is 1. The summed E-state index contributed by atoms with van der Waals surface area (Å²) in [6, 6.07) is 11.5. The second-order valence-electron chi connectivity index (χ2n) is 4.24. The van der Waals surface area contributed by atoms with Crippen molar-refractivity contribution in [1.82, 2.24) is 0 Å². The minimum absolute atomic E-state index is 0.0217. The van der Waals surface area contributed by atoms with Gasteiger partial charge in [-0.3, -0.25) is 0 Å². The molecule has 0 saturated heterocycles. The van der Waals surface area contributed by atoms with E-state index in [-0.39, 0.29) is 17.9 Å². The van der Waals surface area contributed by atoms with Crippen molar-refractivity contribution in [2.24, 2.45) is 0 Å². The predicted molar refractivity (Wildman–Crippen MR) is 71.9 cm³/mol. The number of benzene rings is 2. The van der Waals surface area contributed by atoms with Crippen LogP contribution in [0.2, 0.25) is 5.02 Å². The third-order valence-corrected chi connectivity index (χ3v) is 2.97. The molecule has 0 radical (unpaired) electrons. The predicted octanol–water partition coefficient (Wildman–Crippen LogP) is 4.81. The van der Waals surface area contributed by atoms with Crippen molar-refractivity contribution in [1.29, 1.82) is 5.26 Å².